The van der Waals surface area contributed by atoms with Crippen molar-refractivity contribution in [3.63, 3.8) is 0 Å². The maximum atomic E-state index is 12.3. The van der Waals surface area contributed by atoms with Crippen LogP contribution in [0.25, 0.3) is 17.0 Å². The van der Waals surface area contributed by atoms with E-state index < -0.39 is 0 Å². The molecule has 2 heterocycles. The molecule has 0 spiro atoms. The molecule has 166 valence electrons. The first kappa shape index (κ1) is 21.7. The molecule has 32 heavy (non-hydrogen) atoms. The van der Waals surface area contributed by atoms with Gasteiger partial charge in [0.15, 0.2) is 0 Å². The zero-order valence-corrected chi connectivity index (χ0v) is 18.9. The molecule has 0 radical (unpaired) electrons. The van der Waals surface area contributed by atoms with Gasteiger partial charge in [-0.3, -0.25) is 4.98 Å². The number of benzene rings is 1. The van der Waals surface area contributed by atoms with E-state index >= 15 is 0 Å². The van der Waals surface area contributed by atoms with E-state index in [0.717, 1.165) is 46.2 Å². The highest BCUT2D eigenvalue weighted by Gasteiger charge is 2.18. The first-order valence-corrected chi connectivity index (χ1v) is 11.0. The number of ether oxygens (including phenoxy) is 1. The summed E-state index contributed by atoms with van der Waals surface area (Å²) >= 11 is 0. The molecule has 0 unspecified atom stereocenters. The summed E-state index contributed by atoms with van der Waals surface area (Å²) in [4.78, 5) is 16.8. The number of tetrazole rings is 1. The van der Waals surface area contributed by atoms with E-state index in [0.29, 0.717) is 13.0 Å². The van der Waals surface area contributed by atoms with Crippen molar-refractivity contribution in [2.24, 2.45) is 13.0 Å². The number of allylic oxidation sites excluding steroid dienone is 3. The van der Waals surface area contributed by atoms with Crippen LogP contribution >= 0.6 is 0 Å². The second kappa shape index (κ2) is 9.77. The van der Waals surface area contributed by atoms with E-state index in [1.165, 1.54) is 22.2 Å². The Hall–Kier alpha value is -3.48. The Morgan fingerprint density at radius 1 is 1.19 bits per heavy atom. The van der Waals surface area contributed by atoms with Crippen LogP contribution in [0.15, 0.2) is 59.6 Å². The minimum absolute atomic E-state index is 0.266. The van der Waals surface area contributed by atoms with Crippen molar-refractivity contribution in [2.75, 3.05) is 6.61 Å². The fourth-order valence-electron chi connectivity index (χ4n) is 3.57. The van der Waals surface area contributed by atoms with Gasteiger partial charge in [0.25, 0.3) is 0 Å². The van der Waals surface area contributed by atoms with Crippen molar-refractivity contribution in [1.82, 2.24) is 24.8 Å². The average molecular weight is 432 g/mol. The van der Waals surface area contributed by atoms with E-state index in [1.807, 2.05) is 43.5 Å². The predicted molar refractivity (Wildman–Crippen MR) is 125 cm³/mol. The maximum absolute atomic E-state index is 12.3. The summed E-state index contributed by atoms with van der Waals surface area (Å²) in [5.74, 6) is 1.64. The number of hydrogen-bond donors (Lipinski definition) is 0. The van der Waals surface area contributed by atoms with Gasteiger partial charge in [0.05, 0.1) is 18.0 Å². The van der Waals surface area contributed by atoms with Crippen molar-refractivity contribution in [2.45, 2.75) is 39.5 Å². The summed E-state index contributed by atoms with van der Waals surface area (Å²) in [6, 6.07) is 10.1. The summed E-state index contributed by atoms with van der Waals surface area (Å²) < 4.78 is 8.62. The third-order valence-corrected chi connectivity index (χ3v) is 5.66. The molecule has 0 saturated heterocycles. The number of aryl methyl sites for hydroxylation is 3. The smallest absolute Gasteiger partial charge is 0.367 e. The van der Waals surface area contributed by atoms with Crippen LogP contribution in [-0.2, 0) is 7.05 Å². The molecule has 4 rings (SSSR count). The van der Waals surface area contributed by atoms with Crippen LogP contribution < -0.4 is 10.4 Å². The maximum Gasteiger partial charge on any atom is 0.367 e. The Labute approximate surface area is 188 Å². The number of pyridine rings is 1. The Balaban J connectivity index is 1.44. The molecule has 0 amide bonds. The van der Waals surface area contributed by atoms with Crippen LogP contribution in [0.2, 0.25) is 0 Å². The highest BCUT2D eigenvalue weighted by molar-refractivity contribution is 5.64. The molecule has 1 aromatic carbocycles. The van der Waals surface area contributed by atoms with Crippen molar-refractivity contribution in [1.29, 1.82) is 0 Å². The van der Waals surface area contributed by atoms with Gasteiger partial charge < -0.3 is 4.74 Å². The van der Waals surface area contributed by atoms with E-state index in [2.05, 4.69) is 40.5 Å². The van der Waals surface area contributed by atoms with Crippen molar-refractivity contribution in [3.8, 4) is 17.0 Å². The predicted octanol–water partition coefficient (Wildman–Crippen LogP) is 4.32. The minimum atomic E-state index is -0.266. The van der Waals surface area contributed by atoms with E-state index in [1.54, 1.807) is 7.05 Å². The largest absolute Gasteiger partial charge is 0.493 e. The summed E-state index contributed by atoms with van der Waals surface area (Å²) in [5.41, 5.74) is 4.72. The second-order valence-electron chi connectivity index (χ2n) is 8.31. The van der Waals surface area contributed by atoms with Gasteiger partial charge in [-0.25, -0.2) is 4.79 Å². The molecule has 1 fully saturated rings. The monoisotopic (exact) mass is 431 g/mol. The quantitative estimate of drug-likeness (QED) is 0.472. The topological polar surface area (TPSA) is 74.8 Å². The van der Waals surface area contributed by atoms with Crippen molar-refractivity contribution in [3.05, 3.63) is 76.4 Å². The first-order valence-electron chi connectivity index (χ1n) is 11.0. The van der Waals surface area contributed by atoms with Gasteiger partial charge in [-0.2, -0.15) is 9.36 Å². The summed E-state index contributed by atoms with van der Waals surface area (Å²) in [6.07, 6.45) is 12.1. The third kappa shape index (κ3) is 5.22. The summed E-state index contributed by atoms with van der Waals surface area (Å²) in [7, 11) is 1.59. The lowest BCUT2D eigenvalue weighted by atomic mass is 10.0. The Bertz CT molecular complexity index is 1200. The molecule has 0 bridgehead atoms. The van der Waals surface area contributed by atoms with Gasteiger partial charge in [-0.15, -0.1) is 0 Å². The van der Waals surface area contributed by atoms with Crippen LogP contribution in [0.5, 0.6) is 5.75 Å². The van der Waals surface area contributed by atoms with Crippen LogP contribution in [0.1, 0.15) is 36.8 Å². The van der Waals surface area contributed by atoms with Gasteiger partial charge in [-0.05, 0) is 90.9 Å². The number of hydrogen-bond acceptors (Lipinski definition) is 5. The number of nitrogens with zero attached hydrogens (tertiary/aromatic N) is 5. The normalized spacial score (nSPS) is 14.3. The lowest BCUT2D eigenvalue weighted by Crippen LogP contribution is -2.23. The molecule has 7 heteroatoms. The van der Waals surface area contributed by atoms with Crippen LogP contribution in [-0.4, -0.2) is 31.4 Å². The van der Waals surface area contributed by atoms with Gasteiger partial charge in [0, 0.05) is 25.2 Å². The molecule has 2 aromatic heterocycles. The average Bonchev–Trinajstić information content (AvgIpc) is 3.55. The van der Waals surface area contributed by atoms with Gasteiger partial charge in [0.2, 0.25) is 0 Å². The lowest BCUT2D eigenvalue weighted by molar-refractivity contribution is 0.322. The molecule has 7 nitrogen and oxygen atoms in total. The standard InChI is InChI=1S/C25H29N5O2/c1-18-7-6-15-26-24(18)21-12-13-23(19(2)17-21)32-16-14-22(9-5-4-8-20-10-11-20)30-25(31)29(3)27-28-30/h4-7,9,12-13,15,17,20H,8,10-11,14,16H2,1-3H3/b5-4-,22-9+. The fraction of sp³-hybridized carbons (Fsp3) is 0.360. The van der Waals surface area contributed by atoms with Crippen LogP contribution in [0.3, 0.4) is 0 Å². The first-order chi connectivity index (χ1) is 15.5. The number of aromatic nitrogens is 5. The SMILES string of the molecule is Cc1cc(-c2ncccc2C)ccc1OCC/C(=C\C=C/CC1CC1)n1nnn(C)c1=O. The Morgan fingerprint density at radius 3 is 2.72 bits per heavy atom. The van der Waals surface area contributed by atoms with Gasteiger partial charge in [-0.1, -0.05) is 18.2 Å². The zero-order valence-electron chi connectivity index (χ0n) is 18.9. The van der Waals surface area contributed by atoms with Crippen molar-refractivity contribution >= 4 is 5.70 Å². The molecular weight excluding hydrogens is 402 g/mol. The zero-order chi connectivity index (χ0) is 22.5. The fourth-order valence-corrected chi connectivity index (χ4v) is 3.57. The highest BCUT2D eigenvalue weighted by atomic mass is 16.5. The molecule has 0 atom stereocenters. The molecule has 1 saturated carbocycles. The van der Waals surface area contributed by atoms with Gasteiger partial charge >= 0.3 is 5.69 Å². The minimum Gasteiger partial charge on any atom is -0.493 e. The summed E-state index contributed by atoms with van der Waals surface area (Å²) in [5, 5.41) is 7.83. The highest BCUT2D eigenvalue weighted by Crippen LogP contribution is 2.32. The van der Waals surface area contributed by atoms with E-state index in [-0.39, 0.29) is 5.69 Å². The van der Waals surface area contributed by atoms with E-state index in [9.17, 15) is 4.79 Å². The van der Waals surface area contributed by atoms with Crippen LogP contribution in [0, 0.1) is 19.8 Å². The van der Waals surface area contributed by atoms with E-state index in [4.69, 9.17) is 4.74 Å². The molecule has 3 aromatic rings. The molecular formula is C25H29N5O2. The Morgan fingerprint density at radius 2 is 2.03 bits per heavy atom. The third-order valence-electron chi connectivity index (χ3n) is 5.66. The Kier molecular flexibility index (Phi) is 6.63. The van der Waals surface area contributed by atoms with Crippen molar-refractivity contribution < 1.29 is 4.74 Å². The second-order valence-corrected chi connectivity index (χ2v) is 8.31. The molecule has 1 aliphatic rings. The number of rotatable bonds is 9. The molecule has 1 aliphatic carbocycles. The van der Waals surface area contributed by atoms with Crippen LogP contribution in [0.4, 0.5) is 0 Å². The molecule has 0 aliphatic heterocycles. The molecule has 0 N–H and O–H groups in total. The summed E-state index contributed by atoms with van der Waals surface area (Å²) in [6.45, 7) is 4.51. The van der Waals surface area contributed by atoms with Gasteiger partial charge in [0.1, 0.15) is 5.75 Å². The lowest BCUT2D eigenvalue weighted by Gasteiger charge is -2.12.